The first kappa shape index (κ1) is 16.4. The third kappa shape index (κ3) is 3.08. The van der Waals surface area contributed by atoms with Gasteiger partial charge in [-0.3, -0.25) is 9.78 Å². The van der Waals surface area contributed by atoms with Crippen molar-refractivity contribution in [1.82, 2.24) is 19.9 Å². The number of carbonyl (C=O) groups is 1. The Bertz CT molecular complexity index is 988. The fourth-order valence-electron chi connectivity index (χ4n) is 3.68. The molecular weight excluding hydrogens is 324 g/mol. The third-order valence-corrected chi connectivity index (χ3v) is 4.94. The second-order valence-corrected chi connectivity index (χ2v) is 6.64. The van der Waals surface area contributed by atoms with Crippen LogP contribution in [0.5, 0.6) is 0 Å². The van der Waals surface area contributed by atoms with Crippen LogP contribution in [0.25, 0.3) is 27.7 Å². The Morgan fingerprint density at radius 1 is 1.38 bits per heavy atom. The maximum atomic E-state index is 11.8. The maximum absolute atomic E-state index is 11.8. The van der Waals surface area contributed by atoms with Crippen LogP contribution in [0.3, 0.4) is 0 Å². The van der Waals surface area contributed by atoms with Crippen molar-refractivity contribution in [2.24, 2.45) is 5.92 Å². The van der Waals surface area contributed by atoms with E-state index in [1.165, 1.54) is 11.6 Å². The molecule has 0 aromatic carbocycles. The van der Waals surface area contributed by atoms with Gasteiger partial charge in [0.25, 0.3) is 0 Å². The van der Waals surface area contributed by atoms with E-state index < -0.39 is 0 Å². The quantitative estimate of drug-likeness (QED) is 0.699. The van der Waals surface area contributed by atoms with Gasteiger partial charge in [-0.25, -0.2) is 9.97 Å². The number of hydrogen-bond acceptors (Lipinski definition) is 4. The van der Waals surface area contributed by atoms with Crippen LogP contribution < -0.4 is 0 Å². The van der Waals surface area contributed by atoms with Gasteiger partial charge in [0.1, 0.15) is 12.0 Å². The molecule has 1 unspecified atom stereocenters. The SMILES string of the molecule is C=CC(=O)CC1CCC=C(c2ncnc3[nH]cc(-c4cccnc4)c23)C1. The Labute approximate surface area is 151 Å². The number of allylic oxidation sites excluding steroid dienone is 3. The number of pyridine rings is 1. The normalized spacial score (nSPS) is 17.1. The van der Waals surface area contributed by atoms with Crippen LogP contribution in [0, 0.1) is 5.92 Å². The number of hydrogen-bond donors (Lipinski definition) is 1. The summed E-state index contributed by atoms with van der Waals surface area (Å²) in [6.45, 7) is 3.59. The van der Waals surface area contributed by atoms with Gasteiger partial charge in [0.2, 0.25) is 0 Å². The zero-order valence-electron chi connectivity index (χ0n) is 14.5. The Hall–Kier alpha value is -3.08. The number of carbonyl (C=O) groups excluding carboxylic acids is 1. The van der Waals surface area contributed by atoms with Crippen LogP contribution in [0.4, 0.5) is 0 Å². The van der Waals surface area contributed by atoms with Crippen LogP contribution >= 0.6 is 0 Å². The van der Waals surface area contributed by atoms with Crippen molar-refractivity contribution in [3.8, 4) is 11.1 Å². The third-order valence-electron chi connectivity index (χ3n) is 4.94. The Morgan fingerprint density at radius 3 is 3.12 bits per heavy atom. The van der Waals surface area contributed by atoms with Crippen LogP contribution in [0.2, 0.25) is 0 Å². The first-order valence-electron chi connectivity index (χ1n) is 8.83. The summed E-state index contributed by atoms with van der Waals surface area (Å²) in [6.07, 6.45) is 14.2. The summed E-state index contributed by atoms with van der Waals surface area (Å²) in [5.74, 6) is 0.452. The fraction of sp³-hybridized carbons (Fsp3) is 0.238. The van der Waals surface area contributed by atoms with E-state index in [0.717, 1.165) is 47.1 Å². The standard InChI is InChI=1S/C21H20N4O/c1-2-17(26)10-14-5-3-6-15(9-14)20-19-18(16-7-4-8-22-11-16)12-23-21(19)25-13-24-20/h2,4,6-8,11-14H,1,3,5,9-10H2,(H,23,24,25). The second kappa shape index (κ2) is 7.04. The largest absolute Gasteiger partial charge is 0.345 e. The molecule has 26 heavy (non-hydrogen) atoms. The lowest BCUT2D eigenvalue weighted by molar-refractivity contribution is -0.115. The molecule has 3 aromatic heterocycles. The zero-order chi connectivity index (χ0) is 17.9. The van der Waals surface area contributed by atoms with Crippen molar-refractivity contribution in [2.45, 2.75) is 25.7 Å². The van der Waals surface area contributed by atoms with Crippen LogP contribution in [-0.4, -0.2) is 25.7 Å². The van der Waals surface area contributed by atoms with Gasteiger partial charge < -0.3 is 4.98 Å². The molecule has 1 aliphatic carbocycles. The molecule has 0 saturated heterocycles. The number of fused-ring (bicyclic) bond motifs is 1. The number of H-pyrrole nitrogens is 1. The van der Waals surface area contributed by atoms with Gasteiger partial charge in [0, 0.05) is 36.1 Å². The number of ketones is 1. The monoisotopic (exact) mass is 344 g/mol. The second-order valence-electron chi connectivity index (χ2n) is 6.64. The van der Waals surface area contributed by atoms with Crippen molar-refractivity contribution >= 4 is 22.4 Å². The topological polar surface area (TPSA) is 71.5 Å². The summed E-state index contributed by atoms with van der Waals surface area (Å²) in [5.41, 5.74) is 5.04. The molecule has 130 valence electrons. The Balaban J connectivity index is 1.75. The summed E-state index contributed by atoms with van der Waals surface area (Å²) in [4.78, 5) is 28.2. The molecule has 5 heteroatoms. The van der Waals surface area contributed by atoms with E-state index in [0.29, 0.717) is 12.3 Å². The van der Waals surface area contributed by atoms with E-state index in [4.69, 9.17) is 0 Å². The van der Waals surface area contributed by atoms with Crippen molar-refractivity contribution in [1.29, 1.82) is 0 Å². The Morgan fingerprint density at radius 2 is 2.31 bits per heavy atom. The number of nitrogens with one attached hydrogen (secondary N) is 1. The number of nitrogens with zero attached hydrogens (tertiary/aromatic N) is 3. The lowest BCUT2D eigenvalue weighted by Gasteiger charge is -2.22. The average Bonchev–Trinajstić information content (AvgIpc) is 3.13. The molecule has 0 radical (unpaired) electrons. The summed E-state index contributed by atoms with van der Waals surface area (Å²) in [7, 11) is 0. The lowest BCUT2D eigenvalue weighted by Crippen LogP contribution is -2.11. The molecule has 0 fully saturated rings. The highest BCUT2D eigenvalue weighted by molar-refractivity contribution is 6.00. The highest BCUT2D eigenvalue weighted by atomic mass is 16.1. The maximum Gasteiger partial charge on any atom is 0.155 e. The van der Waals surface area contributed by atoms with E-state index in [2.05, 4.69) is 32.6 Å². The molecule has 1 N–H and O–H groups in total. The molecule has 0 aliphatic heterocycles. The molecule has 1 aliphatic rings. The molecule has 3 heterocycles. The summed E-state index contributed by atoms with van der Waals surface area (Å²) in [6, 6.07) is 3.96. The minimum atomic E-state index is 0.113. The van der Waals surface area contributed by atoms with Crippen LogP contribution in [0.15, 0.2) is 55.8 Å². The van der Waals surface area contributed by atoms with Crippen molar-refractivity contribution in [3.05, 3.63) is 61.5 Å². The van der Waals surface area contributed by atoms with E-state index in [1.807, 2.05) is 24.5 Å². The van der Waals surface area contributed by atoms with Gasteiger partial charge in [-0.2, -0.15) is 0 Å². The van der Waals surface area contributed by atoms with Crippen molar-refractivity contribution in [2.75, 3.05) is 0 Å². The van der Waals surface area contributed by atoms with Gasteiger partial charge in [0.05, 0.1) is 11.1 Å². The first-order chi connectivity index (χ1) is 12.8. The van der Waals surface area contributed by atoms with Crippen LogP contribution in [0.1, 0.15) is 31.4 Å². The number of aromatic nitrogens is 4. The predicted molar refractivity (Wildman–Crippen MR) is 102 cm³/mol. The summed E-state index contributed by atoms with van der Waals surface area (Å²) in [5, 5.41) is 1.02. The molecule has 1 atom stereocenters. The molecule has 0 bridgehead atoms. The highest BCUT2D eigenvalue weighted by Gasteiger charge is 2.22. The summed E-state index contributed by atoms with van der Waals surface area (Å²) < 4.78 is 0. The predicted octanol–water partition coefficient (Wildman–Crippen LogP) is 4.35. The molecule has 0 saturated carbocycles. The molecular formula is C21H20N4O. The first-order valence-corrected chi connectivity index (χ1v) is 8.83. The summed E-state index contributed by atoms with van der Waals surface area (Å²) >= 11 is 0. The zero-order valence-corrected chi connectivity index (χ0v) is 14.5. The molecule has 0 spiro atoms. The van der Waals surface area contributed by atoms with Gasteiger partial charge in [-0.15, -0.1) is 0 Å². The smallest absolute Gasteiger partial charge is 0.155 e. The lowest BCUT2D eigenvalue weighted by atomic mass is 9.83. The molecule has 0 amide bonds. The number of rotatable bonds is 5. The van der Waals surface area contributed by atoms with E-state index in [9.17, 15) is 4.79 Å². The Kier molecular flexibility index (Phi) is 4.44. The average molecular weight is 344 g/mol. The minimum absolute atomic E-state index is 0.113. The van der Waals surface area contributed by atoms with Crippen molar-refractivity contribution in [3.63, 3.8) is 0 Å². The minimum Gasteiger partial charge on any atom is -0.345 e. The van der Waals surface area contributed by atoms with Gasteiger partial charge in [0.15, 0.2) is 5.78 Å². The molecule has 3 aromatic rings. The van der Waals surface area contributed by atoms with Crippen LogP contribution in [-0.2, 0) is 4.79 Å². The molecule has 4 rings (SSSR count). The van der Waals surface area contributed by atoms with Gasteiger partial charge in [-0.1, -0.05) is 18.7 Å². The van der Waals surface area contributed by atoms with E-state index >= 15 is 0 Å². The highest BCUT2D eigenvalue weighted by Crippen LogP contribution is 2.37. The van der Waals surface area contributed by atoms with E-state index in [1.54, 1.807) is 12.5 Å². The van der Waals surface area contributed by atoms with E-state index in [-0.39, 0.29) is 5.78 Å². The van der Waals surface area contributed by atoms with Gasteiger partial charge in [-0.05, 0) is 42.9 Å². The molecule has 5 nitrogen and oxygen atoms in total. The fourth-order valence-corrected chi connectivity index (χ4v) is 3.68. The van der Waals surface area contributed by atoms with Crippen molar-refractivity contribution < 1.29 is 4.79 Å². The van der Waals surface area contributed by atoms with Gasteiger partial charge >= 0.3 is 0 Å². The number of aromatic amines is 1.